The van der Waals surface area contributed by atoms with Crippen molar-refractivity contribution in [1.29, 1.82) is 0 Å². The fourth-order valence-corrected chi connectivity index (χ4v) is 3.18. The Morgan fingerprint density at radius 2 is 2.19 bits per heavy atom. The lowest BCUT2D eigenvalue weighted by molar-refractivity contribution is 0.168. The number of hydrogen-bond acceptors (Lipinski definition) is 5. The third-order valence-corrected chi connectivity index (χ3v) is 4.78. The smallest absolute Gasteiger partial charge is 0.156 e. The van der Waals surface area contributed by atoms with Gasteiger partial charge in [0.05, 0.1) is 13.2 Å². The molecule has 0 bridgehead atoms. The largest absolute Gasteiger partial charge is 0.508 e. The highest BCUT2D eigenvalue weighted by Crippen LogP contribution is 2.26. The summed E-state index contributed by atoms with van der Waals surface area (Å²) < 4.78 is 32.4. The van der Waals surface area contributed by atoms with Crippen LogP contribution in [0.1, 0.15) is 18.9 Å². The fraction of sp³-hybridized carbons (Fsp3) is 0.400. The van der Waals surface area contributed by atoms with Crippen LogP contribution in [0, 0.1) is 6.92 Å². The molecule has 5 nitrogen and oxygen atoms in total. The number of ether oxygens (including phenoxy) is 1. The molecular formula is C20H25F2N3O2. The average Bonchev–Trinajstić information content (AvgIpc) is 2.63. The van der Waals surface area contributed by atoms with E-state index in [2.05, 4.69) is 10.6 Å². The lowest BCUT2D eigenvalue weighted by Gasteiger charge is -2.40. The predicted octanol–water partition coefficient (Wildman–Crippen LogP) is 3.70. The molecule has 0 aromatic heterocycles. The van der Waals surface area contributed by atoms with Gasteiger partial charge < -0.3 is 20.1 Å². The van der Waals surface area contributed by atoms with Gasteiger partial charge in [0.15, 0.2) is 12.5 Å². The van der Waals surface area contributed by atoms with Crippen LogP contribution in [-0.4, -0.2) is 42.2 Å². The molecule has 0 saturated heterocycles. The standard InChI is InChI=1S/C20H25F2N3O2/c1-12-4-6-15(26)9-18(12)24-20-23-13(2)19(27-3)11-25(20)10-14-5-7-16(21)17(22)8-14/h4-6,8-9,11,13,16,20,23-24,26H,7,10H2,1-3H3. The second-order valence-electron chi connectivity index (χ2n) is 6.85. The van der Waals surface area contributed by atoms with Crippen molar-refractivity contribution in [3.05, 3.63) is 59.3 Å². The third-order valence-electron chi connectivity index (χ3n) is 4.78. The minimum absolute atomic E-state index is 0.0378. The molecule has 3 N–H and O–H groups in total. The second-order valence-corrected chi connectivity index (χ2v) is 6.85. The Bertz CT molecular complexity index is 791. The molecule has 0 radical (unpaired) electrons. The van der Waals surface area contributed by atoms with Crippen LogP contribution in [0.25, 0.3) is 0 Å². The number of nitrogens with zero attached hydrogens (tertiary/aromatic N) is 1. The van der Waals surface area contributed by atoms with Gasteiger partial charge in [0.1, 0.15) is 17.3 Å². The van der Waals surface area contributed by atoms with Crippen LogP contribution < -0.4 is 10.6 Å². The van der Waals surface area contributed by atoms with Crippen LogP contribution in [0.4, 0.5) is 14.5 Å². The summed E-state index contributed by atoms with van der Waals surface area (Å²) in [6, 6.07) is 5.08. The van der Waals surface area contributed by atoms with E-state index in [-0.39, 0.29) is 24.5 Å². The number of aryl methyl sites for hydroxylation is 1. The first-order chi connectivity index (χ1) is 12.9. The summed E-state index contributed by atoms with van der Waals surface area (Å²) >= 11 is 0. The maximum Gasteiger partial charge on any atom is 0.156 e. The van der Waals surface area contributed by atoms with E-state index < -0.39 is 12.0 Å². The van der Waals surface area contributed by atoms with Crippen molar-refractivity contribution in [3.8, 4) is 5.75 Å². The Kier molecular flexibility index (Phi) is 5.70. The number of allylic oxidation sites excluding steroid dienone is 2. The highest BCUT2D eigenvalue weighted by atomic mass is 19.2. The van der Waals surface area contributed by atoms with Crippen LogP contribution in [0.3, 0.4) is 0 Å². The summed E-state index contributed by atoms with van der Waals surface area (Å²) in [4.78, 5) is 1.93. The number of alkyl halides is 1. The van der Waals surface area contributed by atoms with E-state index in [4.69, 9.17) is 4.74 Å². The van der Waals surface area contributed by atoms with E-state index in [0.717, 1.165) is 17.0 Å². The van der Waals surface area contributed by atoms with Crippen LogP contribution >= 0.6 is 0 Å². The molecule has 7 heteroatoms. The van der Waals surface area contributed by atoms with Gasteiger partial charge in [-0.3, -0.25) is 5.32 Å². The number of methoxy groups -OCH3 is 1. The van der Waals surface area contributed by atoms with Gasteiger partial charge in [0.25, 0.3) is 0 Å². The van der Waals surface area contributed by atoms with Gasteiger partial charge in [0, 0.05) is 30.9 Å². The number of anilines is 1. The first-order valence-electron chi connectivity index (χ1n) is 8.91. The van der Waals surface area contributed by atoms with Gasteiger partial charge in [-0.2, -0.15) is 0 Å². The third kappa shape index (κ3) is 4.42. The number of aromatic hydroxyl groups is 1. The Morgan fingerprint density at radius 1 is 1.41 bits per heavy atom. The Balaban J connectivity index is 1.84. The van der Waals surface area contributed by atoms with Crippen molar-refractivity contribution < 1.29 is 18.6 Å². The Labute approximate surface area is 158 Å². The number of benzene rings is 1. The number of halogens is 2. The highest BCUT2D eigenvalue weighted by molar-refractivity contribution is 5.55. The van der Waals surface area contributed by atoms with Gasteiger partial charge in [-0.1, -0.05) is 12.1 Å². The average molecular weight is 377 g/mol. The summed E-state index contributed by atoms with van der Waals surface area (Å²) in [6.07, 6.45) is 3.00. The van der Waals surface area contributed by atoms with E-state index in [0.29, 0.717) is 12.1 Å². The Hall–Kier alpha value is -2.54. The molecule has 1 aliphatic heterocycles. The van der Waals surface area contributed by atoms with Gasteiger partial charge in [-0.25, -0.2) is 8.78 Å². The zero-order chi connectivity index (χ0) is 19.6. The number of rotatable bonds is 5. The Morgan fingerprint density at radius 3 is 2.89 bits per heavy atom. The molecule has 0 spiro atoms. The minimum atomic E-state index is -1.55. The molecule has 0 amide bonds. The van der Waals surface area contributed by atoms with Crippen molar-refractivity contribution in [3.63, 3.8) is 0 Å². The molecule has 1 aromatic rings. The normalized spacial score (nSPS) is 25.4. The fourth-order valence-electron chi connectivity index (χ4n) is 3.18. The van der Waals surface area contributed by atoms with Crippen molar-refractivity contribution in [2.75, 3.05) is 19.0 Å². The van der Waals surface area contributed by atoms with E-state index in [1.54, 1.807) is 25.3 Å². The lowest BCUT2D eigenvalue weighted by Crippen LogP contribution is -2.56. The van der Waals surface area contributed by atoms with Crippen LogP contribution in [0.15, 0.2) is 53.7 Å². The van der Waals surface area contributed by atoms with Crippen molar-refractivity contribution >= 4 is 5.69 Å². The molecule has 1 heterocycles. The summed E-state index contributed by atoms with van der Waals surface area (Å²) in [6.45, 7) is 4.30. The number of phenolic OH excluding ortho intramolecular Hbond substituents is 1. The first-order valence-corrected chi connectivity index (χ1v) is 8.91. The molecule has 0 saturated carbocycles. The SMILES string of the molecule is COC1=CN(CC2=CCC(F)C(F)=C2)C(Nc2cc(O)ccc2C)NC1C. The maximum absolute atomic E-state index is 13.7. The minimum Gasteiger partial charge on any atom is -0.508 e. The highest BCUT2D eigenvalue weighted by Gasteiger charge is 2.28. The molecule has 0 fully saturated rings. The molecule has 3 unspecified atom stereocenters. The molecule has 1 aromatic carbocycles. The topological polar surface area (TPSA) is 56.8 Å². The lowest BCUT2D eigenvalue weighted by atomic mass is 10.0. The number of nitrogens with one attached hydrogen (secondary N) is 2. The number of hydrogen-bond donors (Lipinski definition) is 3. The van der Waals surface area contributed by atoms with Gasteiger partial charge in [0.2, 0.25) is 0 Å². The summed E-state index contributed by atoms with van der Waals surface area (Å²) in [5.74, 6) is 0.167. The quantitative estimate of drug-likeness (QED) is 0.731. The predicted molar refractivity (Wildman–Crippen MR) is 101 cm³/mol. The van der Waals surface area contributed by atoms with E-state index in [9.17, 15) is 13.9 Å². The zero-order valence-corrected chi connectivity index (χ0v) is 15.7. The van der Waals surface area contributed by atoms with Crippen LogP contribution in [-0.2, 0) is 4.74 Å². The molecule has 2 aliphatic rings. The number of phenols is 1. The first kappa shape index (κ1) is 19.2. The maximum atomic E-state index is 13.7. The van der Waals surface area contributed by atoms with Crippen LogP contribution in [0.2, 0.25) is 0 Å². The second kappa shape index (κ2) is 8.00. The molecular weight excluding hydrogens is 352 g/mol. The summed E-state index contributed by atoms with van der Waals surface area (Å²) in [7, 11) is 1.60. The molecule has 3 rings (SSSR count). The molecule has 3 atom stereocenters. The monoisotopic (exact) mass is 377 g/mol. The summed E-state index contributed by atoms with van der Waals surface area (Å²) in [5.41, 5.74) is 2.46. The van der Waals surface area contributed by atoms with E-state index in [1.807, 2.05) is 31.0 Å². The molecule has 27 heavy (non-hydrogen) atoms. The molecule has 1 aliphatic carbocycles. The van der Waals surface area contributed by atoms with E-state index in [1.165, 1.54) is 6.08 Å². The summed E-state index contributed by atoms with van der Waals surface area (Å²) in [5, 5.41) is 16.5. The van der Waals surface area contributed by atoms with E-state index >= 15 is 0 Å². The van der Waals surface area contributed by atoms with Gasteiger partial charge >= 0.3 is 0 Å². The molecule has 146 valence electrons. The van der Waals surface area contributed by atoms with Gasteiger partial charge in [-0.05, 0) is 37.1 Å². The van der Waals surface area contributed by atoms with Crippen molar-refractivity contribution in [1.82, 2.24) is 10.2 Å². The van der Waals surface area contributed by atoms with Crippen LogP contribution in [0.5, 0.6) is 5.75 Å². The van der Waals surface area contributed by atoms with Crippen molar-refractivity contribution in [2.45, 2.75) is 38.8 Å². The van der Waals surface area contributed by atoms with Gasteiger partial charge in [-0.15, -0.1) is 0 Å². The zero-order valence-electron chi connectivity index (χ0n) is 15.7. The van der Waals surface area contributed by atoms with Crippen molar-refractivity contribution in [2.24, 2.45) is 0 Å².